The number of hydrogen-bond donors (Lipinski definition) is 1. The number of methoxy groups -OCH3 is 1. The van der Waals surface area contributed by atoms with Gasteiger partial charge in [0.25, 0.3) is 0 Å². The zero-order valence-corrected chi connectivity index (χ0v) is 18.7. The fourth-order valence-electron chi connectivity index (χ4n) is 2.54. The van der Waals surface area contributed by atoms with E-state index in [0.29, 0.717) is 16.6 Å². The highest BCUT2D eigenvalue weighted by molar-refractivity contribution is 9.10. The Morgan fingerprint density at radius 2 is 1.93 bits per heavy atom. The number of benzene rings is 2. The third kappa shape index (κ3) is 5.92. The van der Waals surface area contributed by atoms with E-state index in [-0.39, 0.29) is 12.0 Å². The second-order valence-corrected chi connectivity index (χ2v) is 8.22. The average Bonchev–Trinajstić information content (AvgIpc) is 3.15. The number of carbonyl (C=O) groups is 1. The third-order valence-electron chi connectivity index (χ3n) is 3.85. The van der Waals surface area contributed by atoms with Gasteiger partial charge in [-0.05, 0) is 49.8 Å². The second-order valence-electron chi connectivity index (χ2n) is 6.44. The van der Waals surface area contributed by atoms with Crippen molar-refractivity contribution in [1.29, 1.82) is 0 Å². The summed E-state index contributed by atoms with van der Waals surface area (Å²) in [6.07, 6.45) is 3.25. The summed E-state index contributed by atoms with van der Waals surface area (Å²) in [5.41, 5.74) is 2.66. The fraction of sp³-hybridized carbons (Fsp3) is 0.182. The molecule has 0 fully saturated rings. The Hall–Kier alpha value is -2.64. The van der Waals surface area contributed by atoms with E-state index >= 15 is 0 Å². The molecule has 0 saturated carbocycles. The quantitative estimate of drug-likeness (QED) is 0.427. The maximum absolute atomic E-state index is 12.2. The number of halogens is 1. The van der Waals surface area contributed by atoms with Crippen LogP contribution in [0.25, 0.3) is 17.3 Å². The van der Waals surface area contributed by atoms with Crippen LogP contribution in [-0.4, -0.2) is 24.1 Å². The van der Waals surface area contributed by atoms with Gasteiger partial charge in [-0.1, -0.05) is 34.1 Å². The molecule has 0 atom stereocenters. The summed E-state index contributed by atoms with van der Waals surface area (Å²) in [4.78, 5) is 16.7. The molecular weight excluding hydrogens is 452 g/mol. The molecule has 7 heteroatoms. The first kappa shape index (κ1) is 21.1. The largest absolute Gasteiger partial charge is 0.493 e. The molecule has 2 aromatic carbocycles. The zero-order chi connectivity index (χ0) is 20.8. The normalized spacial score (nSPS) is 11.1. The van der Waals surface area contributed by atoms with Crippen molar-refractivity contribution in [3.8, 4) is 22.8 Å². The highest BCUT2D eigenvalue weighted by atomic mass is 79.9. The molecule has 0 radical (unpaired) electrons. The van der Waals surface area contributed by atoms with Gasteiger partial charge in [-0.3, -0.25) is 10.1 Å². The molecule has 1 N–H and O–H groups in total. The van der Waals surface area contributed by atoms with Crippen LogP contribution in [0.15, 0.2) is 58.4 Å². The minimum Gasteiger partial charge on any atom is -0.493 e. The van der Waals surface area contributed by atoms with Gasteiger partial charge in [0.2, 0.25) is 5.91 Å². The van der Waals surface area contributed by atoms with Crippen molar-refractivity contribution in [3.63, 3.8) is 0 Å². The number of nitrogens with zero attached hydrogens (tertiary/aromatic N) is 1. The van der Waals surface area contributed by atoms with Crippen molar-refractivity contribution >= 4 is 44.4 Å². The number of ether oxygens (including phenoxy) is 2. The van der Waals surface area contributed by atoms with Crippen LogP contribution in [-0.2, 0) is 4.79 Å². The average molecular weight is 473 g/mol. The standard InChI is InChI=1S/C22H21BrN2O3S/c1-14(2)28-19-10-4-15(12-20(19)27-3)5-11-21(26)25-22-24-18(13-29-22)16-6-8-17(23)9-7-16/h4-14H,1-3H3,(H,24,25,26)/b11-5+. The van der Waals surface area contributed by atoms with E-state index in [2.05, 4.69) is 26.2 Å². The summed E-state index contributed by atoms with van der Waals surface area (Å²) >= 11 is 4.81. The molecule has 3 aromatic rings. The van der Waals surface area contributed by atoms with Crippen molar-refractivity contribution < 1.29 is 14.3 Å². The summed E-state index contributed by atoms with van der Waals surface area (Å²) in [7, 11) is 1.59. The molecule has 5 nitrogen and oxygen atoms in total. The SMILES string of the molecule is COc1cc(/C=C/C(=O)Nc2nc(-c3ccc(Br)cc3)cs2)ccc1OC(C)C. The topological polar surface area (TPSA) is 60.5 Å². The van der Waals surface area contributed by atoms with E-state index in [9.17, 15) is 4.79 Å². The molecule has 0 aliphatic carbocycles. The van der Waals surface area contributed by atoms with Gasteiger partial charge < -0.3 is 9.47 Å². The molecule has 150 valence electrons. The third-order valence-corrected chi connectivity index (χ3v) is 5.14. The maximum Gasteiger partial charge on any atom is 0.250 e. The van der Waals surface area contributed by atoms with Crippen LogP contribution in [0.1, 0.15) is 19.4 Å². The molecule has 1 aromatic heterocycles. The number of hydrogen-bond acceptors (Lipinski definition) is 5. The van der Waals surface area contributed by atoms with Crippen LogP contribution >= 0.6 is 27.3 Å². The lowest BCUT2D eigenvalue weighted by molar-refractivity contribution is -0.111. The number of carbonyl (C=O) groups excluding carboxylic acids is 1. The summed E-state index contributed by atoms with van der Waals surface area (Å²) < 4.78 is 12.1. The molecule has 0 aliphatic heterocycles. The van der Waals surface area contributed by atoms with Crippen LogP contribution in [0.5, 0.6) is 11.5 Å². The van der Waals surface area contributed by atoms with Gasteiger partial charge in [0.1, 0.15) is 0 Å². The van der Waals surface area contributed by atoms with Crippen molar-refractivity contribution in [3.05, 3.63) is 64.0 Å². The summed E-state index contributed by atoms with van der Waals surface area (Å²) in [6.45, 7) is 3.91. The van der Waals surface area contributed by atoms with Gasteiger partial charge in [0.05, 0.1) is 18.9 Å². The molecule has 1 heterocycles. The number of thiazole rings is 1. The lowest BCUT2D eigenvalue weighted by Gasteiger charge is -2.13. The Kier molecular flexibility index (Phi) is 7.06. The Balaban J connectivity index is 1.65. The molecular formula is C22H21BrN2O3S. The van der Waals surface area contributed by atoms with E-state index < -0.39 is 0 Å². The molecule has 0 aliphatic rings. The van der Waals surface area contributed by atoms with Crippen LogP contribution in [0.2, 0.25) is 0 Å². The Morgan fingerprint density at radius 1 is 1.17 bits per heavy atom. The second kappa shape index (κ2) is 9.71. The lowest BCUT2D eigenvalue weighted by atomic mass is 10.2. The predicted octanol–water partition coefficient (Wildman–Crippen LogP) is 6.02. The van der Waals surface area contributed by atoms with Gasteiger partial charge in [0.15, 0.2) is 16.6 Å². The first-order chi connectivity index (χ1) is 13.9. The van der Waals surface area contributed by atoms with Crippen molar-refractivity contribution in [2.75, 3.05) is 12.4 Å². The van der Waals surface area contributed by atoms with E-state index in [1.165, 1.54) is 17.4 Å². The number of aromatic nitrogens is 1. The number of nitrogens with one attached hydrogen (secondary N) is 1. The highest BCUT2D eigenvalue weighted by Crippen LogP contribution is 2.29. The molecule has 29 heavy (non-hydrogen) atoms. The van der Waals surface area contributed by atoms with E-state index in [1.807, 2.05) is 61.7 Å². The minimum absolute atomic E-state index is 0.0525. The van der Waals surface area contributed by atoms with E-state index in [0.717, 1.165) is 21.3 Å². The lowest BCUT2D eigenvalue weighted by Crippen LogP contribution is -2.07. The van der Waals surface area contributed by atoms with Crippen molar-refractivity contribution in [2.24, 2.45) is 0 Å². The van der Waals surface area contributed by atoms with E-state index in [1.54, 1.807) is 13.2 Å². The number of rotatable bonds is 7. The first-order valence-electron chi connectivity index (χ1n) is 9.00. The van der Waals surface area contributed by atoms with Gasteiger partial charge >= 0.3 is 0 Å². The molecule has 0 spiro atoms. The van der Waals surface area contributed by atoms with Gasteiger partial charge in [-0.2, -0.15) is 0 Å². The summed E-state index contributed by atoms with van der Waals surface area (Å²) in [6, 6.07) is 13.4. The summed E-state index contributed by atoms with van der Waals surface area (Å²) in [5, 5.41) is 5.27. The Labute approximate surface area is 182 Å². The van der Waals surface area contributed by atoms with Crippen molar-refractivity contribution in [1.82, 2.24) is 4.98 Å². The van der Waals surface area contributed by atoms with Crippen LogP contribution in [0.3, 0.4) is 0 Å². The van der Waals surface area contributed by atoms with Gasteiger partial charge in [-0.25, -0.2) is 4.98 Å². The maximum atomic E-state index is 12.2. The van der Waals surface area contributed by atoms with Crippen LogP contribution < -0.4 is 14.8 Å². The summed E-state index contributed by atoms with van der Waals surface area (Å²) in [5.74, 6) is 1.05. The first-order valence-corrected chi connectivity index (χ1v) is 10.7. The monoisotopic (exact) mass is 472 g/mol. The smallest absolute Gasteiger partial charge is 0.250 e. The molecule has 3 rings (SSSR count). The predicted molar refractivity (Wildman–Crippen MR) is 122 cm³/mol. The Bertz CT molecular complexity index is 1010. The minimum atomic E-state index is -0.247. The Morgan fingerprint density at radius 3 is 2.62 bits per heavy atom. The molecule has 0 bridgehead atoms. The van der Waals surface area contributed by atoms with Crippen molar-refractivity contribution in [2.45, 2.75) is 20.0 Å². The number of anilines is 1. The zero-order valence-electron chi connectivity index (χ0n) is 16.3. The van der Waals surface area contributed by atoms with Crippen LogP contribution in [0, 0.1) is 0 Å². The molecule has 0 unspecified atom stereocenters. The van der Waals surface area contributed by atoms with Gasteiger partial charge in [0, 0.05) is 21.5 Å². The van der Waals surface area contributed by atoms with Crippen LogP contribution in [0.4, 0.5) is 5.13 Å². The van der Waals surface area contributed by atoms with Gasteiger partial charge in [-0.15, -0.1) is 11.3 Å². The highest BCUT2D eigenvalue weighted by Gasteiger charge is 2.08. The fourth-order valence-corrected chi connectivity index (χ4v) is 3.53. The number of amides is 1. The molecule has 0 saturated heterocycles. The van der Waals surface area contributed by atoms with E-state index in [4.69, 9.17) is 9.47 Å². The molecule has 1 amide bonds.